The second-order valence-corrected chi connectivity index (χ2v) is 5.46. The van der Waals surface area contributed by atoms with Crippen molar-refractivity contribution in [1.82, 2.24) is 4.90 Å². The Labute approximate surface area is 146 Å². The lowest BCUT2D eigenvalue weighted by molar-refractivity contribution is 0.0827. The molecule has 2 aromatic carbocycles. The van der Waals surface area contributed by atoms with Gasteiger partial charge in [-0.1, -0.05) is 12.1 Å². The van der Waals surface area contributed by atoms with Gasteiger partial charge in [0.2, 0.25) is 0 Å². The van der Waals surface area contributed by atoms with Gasteiger partial charge < -0.3 is 14.4 Å². The molecule has 0 aliphatic rings. The minimum Gasteiger partial charge on any atom is -0.485 e. The fourth-order valence-corrected chi connectivity index (χ4v) is 2.10. The van der Waals surface area contributed by atoms with Gasteiger partial charge >= 0.3 is 0 Å². The number of ether oxygens (including phenoxy) is 2. The van der Waals surface area contributed by atoms with Gasteiger partial charge in [-0.3, -0.25) is 9.59 Å². The van der Waals surface area contributed by atoms with Crippen molar-refractivity contribution in [3.63, 3.8) is 0 Å². The number of carbonyl (C=O) groups excluding carboxylic acids is 2. The number of carbonyl (C=O) groups is 2. The van der Waals surface area contributed by atoms with Gasteiger partial charge in [0.25, 0.3) is 5.91 Å². The van der Waals surface area contributed by atoms with Crippen molar-refractivity contribution in [2.24, 2.45) is 0 Å². The summed E-state index contributed by atoms with van der Waals surface area (Å²) >= 11 is 0. The molecule has 0 saturated carbocycles. The van der Waals surface area contributed by atoms with E-state index in [1.54, 1.807) is 38.4 Å². The van der Waals surface area contributed by atoms with Crippen LogP contribution < -0.4 is 9.47 Å². The van der Waals surface area contributed by atoms with Gasteiger partial charge in [0.15, 0.2) is 18.1 Å². The lowest BCUT2D eigenvalue weighted by atomic mass is 10.1. The third-order valence-electron chi connectivity index (χ3n) is 3.40. The van der Waals surface area contributed by atoms with E-state index in [1.807, 2.05) is 18.2 Å². The smallest absolute Gasteiger partial charge is 0.253 e. The number of hydrogen-bond acceptors (Lipinski definition) is 5. The van der Waals surface area contributed by atoms with Gasteiger partial charge in [-0.25, -0.2) is 0 Å². The maximum Gasteiger partial charge on any atom is 0.253 e. The van der Waals surface area contributed by atoms with E-state index in [-0.39, 0.29) is 19.1 Å². The maximum absolute atomic E-state index is 11.9. The van der Waals surface area contributed by atoms with E-state index in [4.69, 9.17) is 14.7 Å². The Bertz CT molecular complexity index is 792. The predicted molar refractivity (Wildman–Crippen MR) is 91.7 cm³/mol. The fraction of sp³-hybridized carbons (Fsp3) is 0.211. The molecule has 1 amide bonds. The summed E-state index contributed by atoms with van der Waals surface area (Å²) < 4.78 is 11.0. The fourth-order valence-electron chi connectivity index (χ4n) is 2.10. The summed E-state index contributed by atoms with van der Waals surface area (Å²) in [7, 11) is 3.40. The Kier molecular flexibility index (Phi) is 6.13. The zero-order chi connectivity index (χ0) is 18.2. The van der Waals surface area contributed by atoms with Gasteiger partial charge in [0.1, 0.15) is 19.0 Å². The maximum atomic E-state index is 11.9. The Morgan fingerprint density at radius 1 is 1.12 bits per heavy atom. The number of aldehydes is 1. The van der Waals surface area contributed by atoms with E-state index >= 15 is 0 Å². The number of amides is 1. The summed E-state index contributed by atoms with van der Waals surface area (Å²) in [6, 6.07) is 13.7. The van der Waals surface area contributed by atoms with Crippen LogP contribution in [0.15, 0.2) is 42.5 Å². The number of nitrogens with zero attached hydrogens (tertiary/aromatic N) is 2. The van der Waals surface area contributed by atoms with Crippen molar-refractivity contribution < 1.29 is 19.1 Å². The first-order chi connectivity index (χ1) is 12.0. The summed E-state index contributed by atoms with van der Waals surface area (Å²) in [4.78, 5) is 24.2. The zero-order valence-electron chi connectivity index (χ0n) is 14.1. The van der Waals surface area contributed by atoms with Crippen LogP contribution >= 0.6 is 0 Å². The topological polar surface area (TPSA) is 79.6 Å². The van der Waals surface area contributed by atoms with Gasteiger partial charge in [0.05, 0.1) is 0 Å². The first kappa shape index (κ1) is 18.0. The molecule has 0 heterocycles. The van der Waals surface area contributed by atoms with E-state index in [0.29, 0.717) is 28.9 Å². The van der Waals surface area contributed by atoms with Gasteiger partial charge in [-0.05, 0) is 35.9 Å². The SMILES string of the molecule is CN(C)C(=O)c1ccc(COc2ccc(C=O)cc2OCC#N)cc1. The largest absolute Gasteiger partial charge is 0.485 e. The van der Waals surface area contributed by atoms with Crippen LogP contribution in [0.3, 0.4) is 0 Å². The Balaban J connectivity index is 2.09. The van der Waals surface area contributed by atoms with Crippen molar-refractivity contribution in [2.75, 3.05) is 20.7 Å². The molecule has 6 heteroatoms. The first-order valence-electron chi connectivity index (χ1n) is 7.57. The summed E-state index contributed by atoms with van der Waals surface area (Å²) in [6.07, 6.45) is 0.698. The summed E-state index contributed by atoms with van der Waals surface area (Å²) in [5.74, 6) is 0.712. The molecule has 0 radical (unpaired) electrons. The van der Waals surface area contributed by atoms with E-state index in [1.165, 1.54) is 11.0 Å². The summed E-state index contributed by atoms with van der Waals surface area (Å²) in [5, 5.41) is 8.65. The normalized spacial score (nSPS) is 9.80. The number of rotatable bonds is 7. The van der Waals surface area contributed by atoms with Crippen molar-refractivity contribution in [1.29, 1.82) is 5.26 Å². The molecule has 0 N–H and O–H groups in total. The van der Waals surface area contributed by atoms with Crippen LogP contribution in [0.4, 0.5) is 0 Å². The molecule has 0 atom stereocenters. The molecular formula is C19H18N2O4. The van der Waals surface area contributed by atoms with Crippen LogP contribution in [0.2, 0.25) is 0 Å². The number of benzene rings is 2. The highest BCUT2D eigenvalue weighted by molar-refractivity contribution is 5.93. The standard InChI is InChI=1S/C19H18N2O4/c1-21(2)19(23)16-6-3-14(4-7-16)13-25-17-8-5-15(12-22)11-18(17)24-10-9-20/h3-8,11-12H,10,13H2,1-2H3. The highest BCUT2D eigenvalue weighted by Gasteiger charge is 2.09. The van der Waals surface area contributed by atoms with E-state index < -0.39 is 0 Å². The van der Waals surface area contributed by atoms with Crippen molar-refractivity contribution >= 4 is 12.2 Å². The Morgan fingerprint density at radius 3 is 2.44 bits per heavy atom. The van der Waals surface area contributed by atoms with Gasteiger partial charge in [0, 0.05) is 25.2 Å². The molecule has 0 saturated heterocycles. The van der Waals surface area contributed by atoms with Crippen LogP contribution in [0, 0.1) is 11.3 Å². The van der Waals surface area contributed by atoms with E-state index in [0.717, 1.165) is 5.56 Å². The molecule has 128 valence electrons. The lowest BCUT2D eigenvalue weighted by Crippen LogP contribution is -2.21. The number of hydrogen-bond donors (Lipinski definition) is 0. The monoisotopic (exact) mass is 338 g/mol. The zero-order valence-corrected chi connectivity index (χ0v) is 14.1. The van der Waals surface area contributed by atoms with E-state index in [9.17, 15) is 9.59 Å². The molecule has 0 unspecified atom stereocenters. The number of nitriles is 1. The van der Waals surface area contributed by atoms with Crippen LogP contribution in [0.5, 0.6) is 11.5 Å². The molecule has 0 bridgehead atoms. The van der Waals surface area contributed by atoms with Crippen molar-refractivity contribution in [3.8, 4) is 17.6 Å². The summed E-state index contributed by atoms with van der Waals surface area (Å²) in [6.45, 7) is 0.125. The molecule has 0 fully saturated rings. The third kappa shape index (κ3) is 4.82. The first-order valence-corrected chi connectivity index (χ1v) is 7.57. The Morgan fingerprint density at radius 2 is 1.84 bits per heavy atom. The minimum atomic E-state index is -0.139. The quantitative estimate of drug-likeness (QED) is 0.725. The third-order valence-corrected chi connectivity index (χ3v) is 3.40. The molecule has 0 aromatic heterocycles. The van der Waals surface area contributed by atoms with Gasteiger partial charge in [-0.2, -0.15) is 5.26 Å². The van der Waals surface area contributed by atoms with E-state index in [2.05, 4.69) is 0 Å². The molecule has 0 spiro atoms. The highest BCUT2D eigenvalue weighted by Crippen LogP contribution is 2.28. The van der Waals surface area contributed by atoms with Crippen molar-refractivity contribution in [2.45, 2.75) is 6.61 Å². The molecule has 0 aliphatic heterocycles. The molecule has 25 heavy (non-hydrogen) atoms. The second-order valence-electron chi connectivity index (χ2n) is 5.46. The molecule has 2 aromatic rings. The molecule has 2 rings (SSSR count). The van der Waals surface area contributed by atoms with Crippen LogP contribution in [-0.2, 0) is 6.61 Å². The molecule has 6 nitrogen and oxygen atoms in total. The summed E-state index contributed by atoms with van der Waals surface area (Å²) in [5.41, 5.74) is 1.91. The average molecular weight is 338 g/mol. The van der Waals surface area contributed by atoms with Crippen molar-refractivity contribution in [3.05, 3.63) is 59.2 Å². The Hall–Kier alpha value is -3.33. The van der Waals surface area contributed by atoms with Crippen LogP contribution in [-0.4, -0.2) is 37.8 Å². The van der Waals surface area contributed by atoms with Crippen LogP contribution in [0.25, 0.3) is 0 Å². The average Bonchev–Trinajstić information content (AvgIpc) is 2.64. The molecule has 0 aliphatic carbocycles. The van der Waals surface area contributed by atoms with Crippen LogP contribution in [0.1, 0.15) is 26.3 Å². The lowest BCUT2D eigenvalue weighted by Gasteiger charge is -2.13. The molecular weight excluding hydrogens is 320 g/mol. The predicted octanol–water partition coefficient (Wildman–Crippen LogP) is 2.68. The minimum absolute atomic E-state index is 0.0656. The van der Waals surface area contributed by atoms with Gasteiger partial charge in [-0.15, -0.1) is 0 Å². The highest BCUT2D eigenvalue weighted by atomic mass is 16.5. The second kappa shape index (κ2) is 8.50.